The van der Waals surface area contributed by atoms with E-state index in [4.69, 9.17) is 11.6 Å². The largest absolute Gasteiger partial charge is 0.371 e. The molecule has 40 heavy (non-hydrogen) atoms. The molecule has 8 heteroatoms. The van der Waals surface area contributed by atoms with E-state index in [2.05, 4.69) is 27.3 Å². The van der Waals surface area contributed by atoms with Gasteiger partial charge in [0.05, 0.1) is 16.6 Å². The van der Waals surface area contributed by atoms with Gasteiger partial charge in [-0.25, -0.2) is 4.39 Å². The topological polar surface area (TPSA) is 65.5 Å². The second-order valence-electron chi connectivity index (χ2n) is 11.5. The van der Waals surface area contributed by atoms with E-state index in [1.807, 2.05) is 35.5 Å². The molecule has 1 unspecified atom stereocenters. The Labute approximate surface area is 239 Å². The molecular formula is C32H34ClFN4O2. The van der Waals surface area contributed by atoms with Crippen LogP contribution in [0, 0.1) is 18.2 Å². The van der Waals surface area contributed by atoms with Gasteiger partial charge in [0.15, 0.2) is 0 Å². The predicted molar refractivity (Wildman–Crippen MR) is 154 cm³/mol. The van der Waals surface area contributed by atoms with Crippen molar-refractivity contribution in [3.63, 3.8) is 0 Å². The Balaban J connectivity index is 1.09. The minimum absolute atomic E-state index is 0.0385. The number of carbonyl (C=O) groups excluding carboxylic acids is 2. The molecule has 3 aliphatic rings. The minimum Gasteiger partial charge on any atom is -0.371 e. The lowest BCUT2D eigenvalue weighted by Crippen LogP contribution is -2.48. The highest BCUT2D eigenvalue weighted by atomic mass is 35.5. The zero-order valence-corrected chi connectivity index (χ0v) is 23.5. The number of piperidine rings is 2. The lowest BCUT2D eigenvalue weighted by atomic mass is 9.71. The molecule has 1 atom stereocenters. The van der Waals surface area contributed by atoms with Gasteiger partial charge in [0, 0.05) is 49.8 Å². The van der Waals surface area contributed by atoms with Gasteiger partial charge in [0.2, 0.25) is 0 Å². The summed E-state index contributed by atoms with van der Waals surface area (Å²) in [5.74, 6) is -1.13. The lowest BCUT2D eigenvalue weighted by molar-refractivity contribution is 0.0515. The molecule has 2 saturated heterocycles. The Bertz CT molecular complexity index is 1430. The fourth-order valence-corrected chi connectivity index (χ4v) is 6.88. The molecular weight excluding hydrogens is 527 g/mol. The third kappa shape index (κ3) is 5.07. The van der Waals surface area contributed by atoms with Gasteiger partial charge in [-0.2, -0.15) is 0 Å². The number of carbonyl (C=O) groups is 2. The van der Waals surface area contributed by atoms with Crippen molar-refractivity contribution in [1.29, 1.82) is 0 Å². The van der Waals surface area contributed by atoms with E-state index in [1.165, 1.54) is 11.8 Å². The van der Waals surface area contributed by atoms with E-state index in [-0.39, 0.29) is 22.5 Å². The molecule has 2 fully saturated rings. The molecule has 3 heterocycles. The number of aryl methyl sites for hydroxylation is 2. The Morgan fingerprint density at radius 2 is 1.70 bits per heavy atom. The molecule has 0 saturated carbocycles. The van der Waals surface area contributed by atoms with Crippen molar-refractivity contribution in [2.75, 3.05) is 31.1 Å². The normalized spacial score (nSPS) is 19.9. The van der Waals surface area contributed by atoms with Crippen LogP contribution in [0.3, 0.4) is 0 Å². The molecule has 6 rings (SSSR count). The maximum absolute atomic E-state index is 14.5. The summed E-state index contributed by atoms with van der Waals surface area (Å²) in [6.45, 7) is 5.34. The van der Waals surface area contributed by atoms with Crippen LogP contribution >= 0.6 is 11.6 Å². The highest BCUT2D eigenvalue weighted by molar-refractivity contribution is 6.34. The second-order valence-corrected chi connectivity index (χ2v) is 11.9. The van der Waals surface area contributed by atoms with Crippen LogP contribution in [-0.2, 0) is 6.42 Å². The highest BCUT2D eigenvalue weighted by Gasteiger charge is 2.39. The summed E-state index contributed by atoms with van der Waals surface area (Å²) in [4.78, 5) is 35.1. The van der Waals surface area contributed by atoms with E-state index in [0.29, 0.717) is 23.0 Å². The van der Waals surface area contributed by atoms with Crippen LogP contribution in [0.4, 0.5) is 10.1 Å². The number of nitrogens with one attached hydrogen (secondary N) is 1. The minimum atomic E-state index is -0.638. The summed E-state index contributed by atoms with van der Waals surface area (Å²) in [6, 6.07) is 12.5. The fourth-order valence-electron chi connectivity index (χ4n) is 6.64. The smallest absolute Gasteiger partial charge is 0.256 e. The van der Waals surface area contributed by atoms with Crippen LogP contribution in [0.15, 0.2) is 54.9 Å². The number of pyridine rings is 1. The number of rotatable bonds is 4. The van der Waals surface area contributed by atoms with E-state index < -0.39 is 11.7 Å². The molecule has 0 radical (unpaired) electrons. The van der Waals surface area contributed by atoms with Gasteiger partial charge in [0.1, 0.15) is 5.82 Å². The lowest BCUT2D eigenvalue weighted by Gasteiger charge is -2.47. The summed E-state index contributed by atoms with van der Waals surface area (Å²) in [5.41, 5.74) is 4.74. The first-order valence-electron chi connectivity index (χ1n) is 14.2. The van der Waals surface area contributed by atoms with E-state index in [1.54, 1.807) is 13.0 Å². The van der Waals surface area contributed by atoms with Crippen molar-refractivity contribution in [2.24, 2.45) is 5.41 Å². The van der Waals surface area contributed by atoms with Gasteiger partial charge in [-0.15, -0.1) is 0 Å². The maximum Gasteiger partial charge on any atom is 0.256 e. The molecule has 1 aromatic heterocycles. The van der Waals surface area contributed by atoms with Gasteiger partial charge in [-0.1, -0.05) is 23.7 Å². The number of anilines is 1. The monoisotopic (exact) mass is 560 g/mol. The summed E-state index contributed by atoms with van der Waals surface area (Å²) in [6.07, 6.45) is 9.52. The summed E-state index contributed by atoms with van der Waals surface area (Å²) < 4.78 is 14.5. The van der Waals surface area contributed by atoms with E-state index in [0.717, 1.165) is 69.4 Å². The Hall–Kier alpha value is -3.45. The van der Waals surface area contributed by atoms with Gasteiger partial charge >= 0.3 is 0 Å². The van der Waals surface area contributed by atoms with E-state index in [9.17, 15) is 14.0 Å². The molecule has 2 aromatic carbocycles. The van der Waals surface area contributed by atoms with Crippen LogP contribution in [0.2, 0.25) is 5.02 Å². The number of fused-ring (bicyclic) bond motifs is 1. The summed E-state index contributed by atoms with van der Waals surface area (Å²) in [5, 5.41) is 3.09. The molecule has 2 amide bonds. The van der Waals surface area contributed by atoms with Gasteiger partial charge in [-0.3, -0.25) is 14.6 Å². The number of nitrogens with zero attached hydrogens (tertiary/aromatic N) is 3. The number of likely N-dealkylation sites (tertiary alicyclic amines) is 1. The fraction of sp³-hybridized carbons (Fsp3) is 0.406. The zero-order valence-electron chi connectivity index (χ0n) is 22.8. The molecule has 1 aliphatic carbocycles. The first-order chi connectivity index (χ1) is 19.3. The third-order valence-corrected chi connectivity index (χ3v) is 9.74. The second kappa shape index (κ2) is 10.8. The SMILES string of the molecule is Cc1ccc(F)c(C(=O)NC2CCc3ccc(C(=O)N4CCC5(CC4)CCN(c4ccncc4)CC5)cc32)c1Cl. The summed E-state index contributed by atoms with van der Waals surface area (Å²) in [7, 11) is 0. The van der Waals surface area contributed by atoms with Crippen molar-refractivity contribution in [3.05, 3.63) is 93.5 Å². The van der Waals surface area contributed by atoms with Crippen molar-refractivity contribution >= 4 is 29.1 Å². The molecule has 6 nitrogen and oxygen atoms in total. The number of hydrogen-bond acceptors (Lipinski definition) is 4. The molecule has 208 valence electrons. The molecule has 1 spiro atoms. The predicted octanol–water partition coefficient (Wildman–Crippen LogP) is 6.12. The van der Waals surface area contributed by atoms with Crippen LogP contribution in [0.25, 0.3) is 0 Å². The average Bonchev–Trinajstić information content (AvgIpc) is 3.38. The van der Waals surface area contributed by atoms with Crippen molar-refractivity contribution in [2.45, 2.75) is 51.5 Å². The van der Waals surface area contributed by atoms with Crippen LogP contribution in [0.1, 0.15) is 75.6 Å². The Morgan fingerprint density at radius 1 is 1.00 bits per heavy atom. The van der Waals surface area contributed by atoms with Crippen molar-refractivity contribution < 1.29 is 14.0 Å². The van der Waals surface area contributed by atoms with Gasteiger partial charge in [0.25, 0.3) is 11.8 Å². The number of aromatic nitrogens is 1. The number of amides is 2. The van der Waals surface area contributed by atoms with Gasteiger partial charge < -0.3 is 15.1 Å². The Kier molecular flexibility index (Phi) is 7.26. The van der Waals surface area contributed by atoms with Gasteiger partial charge in [-0.05, 0) is 97.9 Å². The standard InChI is InChI=1S/C32H34ClFN4O2/c1-21-2-6-26(34)28(29(21)33)30(39)36-27-7-5-22-3-4-23(20-25(22)27)31(40)38-18-12-32(13-19-38)10-16-37(17-11-32)24-8-14-35-15-9-24/h2-4,6,8-9,14-15,20,27H,5,7,10-13,16-19H2,1H3,(H,36,39). The Morgan fingerprint density at radius 3 is 2.42 bits per heavy atom. The average molecular weight is 561 g/mol. The van der Waals surface area contributed by atoms with Crippen LogP contribution in [0.5, 0.6) is 0 Å². The summed E-state index contributed by atoms with van der Waals surface area (Å²) >= 11 is 6.27. The molecule has 2 aliphatic heterocycles. The van der Waals surface area contributed by atoms with Crippen molar-refractivity contribution in [3.8, 4) is 0 Å². The first kappa shape index (κ1) is 26.8. The molecule has 3 aromatic rings. The quantitative estimate of drug-likeness (QED) is 0.417. The number of halogens is 2. The number of benzene rings is 2. The van der Waals surface area contributed by atoms with Crippen LogP contribution in [-0.4, -0.2) is 47.9 Å². The number of hydrogen-bond donors (Lipinski definition) is 1. The molecule has 1 N–H and O–H groups in total. The highest BCUT2D eigenvalue weighted by Crippen LogP contribution is 2.42. The zero-order chi connectivity index (χ0) is 27.9. The van der Waals surface area contributed by atoms with Crippen LogP contribution < -0.4 is 10.2 Å². The van der Waals surface area contributed by atoms with E-state index >= 15 is 0 Å². The third-order valence-electron chi connectivity index (χ3n) is 9.25. The van der Waals surface area contributed by atoms with Crippen molar-refractivity contribution in [1.82, 2.24) is 15.2 Å². The maximum atomic E-state index is 14.5. The first-order valence-corrected chi connectivity index (χ1v) is 14.5. The molecule has 0 bridgehead atoms.